The molecule has 7 nitrogen and oxygen atoms in total. The van der Waals surface area contributed by atoms with E-state index in [4.69, 9.17) is 28.2 Å². The SMILES string of the molecule is Cc1ccc(C=CC(=O)NC(=S)Nc2ccc(Cl)c([N+](=O)[O-])c2)o1. The maximum Gasteiger partial charge on any atom is 0.289 e. The summed E-state index contributed by atoms with van der Waals surface area (Å²) in [6.45, 7) is 1.79. The van der Waals surface area contributed by atoms with Crippen LogP contribution in [-0.2, 0) is 4.79 Å². The number of nitro groups is 1. The summed E-state index contributed by atoms with van der Waals surface area (Å²) in [5.74, 6) is 0.802. The third-order valence-corrected chi connectivity index (χ3v) is 3.32. The molecule has 0 saturated carbocycles. The smallest absolute Gasteiger partial charge is 0.289 e. The first-order valence-electron chi connectivity index (χ1n) is 6.65. The average molecular weight is 366 g/mol. The summed E-state index contributed by atoms with van der Waals surface area (Å²) in [6, 6.07) is 7.60. The highest BCUT2D eigenvalue weighted by atomic mass is 35.5. The zero-order chi connectivity index (χ0) is 17.7. The number of aryl methyl sites for hydroxylation is 1. The number of furan rings is 1. The van der Waals surface area contributed by atoms with E-state index in [-0.39, 0.29) is 15.8 Å². The molecular formula is C15H12ClN3O4S. The highest BCUT2D eigenvalue weighted by Crippen LogP contribution is 2.27. The Hall–Kier alpha value is -2.71. The number of nitrogens with one attached hydrogen (secondary N) is 2. The van der Waals surface area contributed by atoms with E-state index in [9.17, 15) is 14.9 Å². The van der Waals surface area contributed by atoms with Crippen molar-refractivity contribution in [3.8, 4) is 0 Å². The summed E-state index contributed by atoms with van der Waals surface area (Å²) in [5.41, 5.74) is 0.0749. The van der Waals surface area contributed by atoms with E-state index in [1.807, 2.05) is 0 Å². The Kier molecular flexibility index (Phi) is 5.67. The van der Waals surface area contributed by atoms with E-state index in [2.05, 4.69) is 10.6 Å². The highest BCUT2D eigenvalue weighted by molar-refractivity contribution is 7.80. The van der Waals surface area contributed by atoms with E-state index >= 15 is 0 Å². The lowest BCUT2D eigenvalue weighted by Gasteiger charge is -2.08. The number of halogens is 1. The second-order valence-corrected chi connectivity index (χ2v) is 5.46. The minimum Gasteiger partial charge on any atom is -0.462 e. The third kappa shape index (κ3) is 4.90. The van der Waals surface area contributed by atoms with Crippen molar-refractivity contribution in [2.75, 3.05) is 5.32 Å². The van der Waals surface area contributed by atoms with Crippen LogP contribution in [0.15, 0.2) is 40.8 Å². The summed E-state index contributed by atoms with van der Waals surface area (Å²) >= 11 is 10.7. The first-order valence-corrected chi connectivity index (χ1v) is 7.44. The molecule has 1 heterocycles. The first-order chi connectivity index (χ1) is 11.3. The van der Waals surface area contributed by atoms with Crippen LogP contribution in [0, 0.1) is 17.0 Å². The summed E-state index contributed by atoms with van der Waals surface area (Å²) in [4.78, 5) is 22.0. The van der Waals surface area contributed by atoms with Gasteiger partial charge in [-0.2, -0.15) is 0 Å². The molecule has 1 aromatic heterocycles. The van der Waals surface area contributed by atoms with Crippen molar-refractivity contribution in [3.05, 3.63) is 63.1 Å². The number of nitrogens with zero attached hydrogens (tertiary/aromatic N) is 1. The number of thiocarbonyl (C=S) groups is 1. The Morgan fingerprint density at radius 2 is 2.12 bits per heavy atom. The number of hydrogen-bond acceptors (Lipinski definition) is 5. The van der Waals surface area contributed by atoms with Crippen LogP contribution in [0.25, 0.3) is 6.08 Å². The minimum absolute atomic E-state index is 0.00287. The lowest BCUT2D eigenvalue weighted by atomic mass is 10.3. The quantitative estimate of drug-likeness (QED) is 0.371. The molecule has 0 unspecified atom stereocenters. The number of carbonyl (C=O) groups excluding carboxylic acids is 1. The zero-order valence-electron chi connectivity index (χ0n) is 12.4. The number of carbonyl (C=O) groups is 1. The Morgan fingerprint density at radius 1 is 1.38 bits per heavy atom. The Labute approximate surface area is 147 Å². The van der Waals surface area contributed by atoms with Crippen molar-refractivity contribution < 1.29 is 14.1 Å². The van der Waals surface area contributed by atoms with Gasteiger partial charge >= 0.3 is 0 Å². The van der Waals surface area contributed by atoms with Gasteiger partial charge in [0.25, 0.3) is 5.69 Å². The molecule has 2 aromatic rings. The number of hydrogen-bond donors (Lipinski definition) is 2. The van der Waals surface area contributed by atoms with E-state index in [1.54, 1.807) is 19.1 Å². The number of benzene rings is 1. The van der Waals surface area contributed by atoms with Gasteiger partial charge in [0.1, 0.15) is 16.5 Å². The van der Waals surface area contributed by atoms with Crippen LogP contribution < -0.4 is 10.6 Å². The summed E-state index contributed by atoms with van der Waals surface area (Å²) < 4.78 is 5.29. The zero-order valence-corrected chi connectivity index (χ0v) is 14.0. The molecule has 9 heteroatoms. The van der Waals surface area contributed by atoms with Gasteiger partial charge in [0, 0.05) is 17.8 Å². The van der Waals surface area contributed by atoms with E-state index in [0.717, 1.165) is 5.76 Å². The molecule has 0 aliphatic rings. The largest absolute Gasteiger partial charge is 0.462 e. The first kappa shape index (κ1) is 17.6. The van der Waals surface area contributed by atoms with Gasteiger partial charge in [-0.15, -0.1) is 0 Å². The molecule has 0 bridgehead atoms. The molecule has 0 fully saturated rings. The topological polar surface area (TPSA) is 97.4 Å². The standard InChI is InChI=1S/C15H12ClN3O4S/c1-9-2-4-11(23-9)5-7-14(20)18-15(24)17-10-3-6-12(16)13(8-10)19(21)22/h2-8H,1H3,(H2,17,18,20,24). The van der Waals surface area contributed by atoms with Gasteiger partial charge in [0.2, 0.25) is 5.91 Å². The highest BCUT2D eigenvalue weighted by Gasteiger charge is 2.13. The number of anilines is 1. The summed E-state index contributed by atoms with van der Waals surface area (Å²) in [6.07, 6.45) is 2.76. The molecule has 2 rings (SSSR count). The van der Waals surface area contributed by atoms with Crippen LogP contribution in [0.5, 0.6) is 0 Å². The predicted octanol–water partition coefficient (Wildman–Crippen LogP) is 3.68. The molecule has 0 spiro atoms. The normalized spacial score (nSPS) is 10.6. The van der Waals surface area contributed by atoms with Gasteiger partial charge in [-0.05, 0) is 49.5 Å². The van der Waals surface area contributed by atoms with E-state index in [0.29, 0.717) is 11.4 Å². The second-order valence-electron chi connectivity index (χ2n) is 4.65. The molecule has 0 radical (unpaired) electrons. The molecule has 1 amide bonds. The van der Waals surface area contributed by atoms with Gasteiger partial charge < -0.3 is 9.73 Å². The molecule has 0 saturated heterocycles. The number of amides is 1. The fraction of sp³-hybridized carbons (Fsp3) is 0.0667. The van der Waals surface area contributed by atoms with E-state index in [1.165, 1.54) is 30.4 Å². The molecule has 1 aromatic carbocycles. The Balaban J connectivity index is 1.95. The summed E-state index contributed by atoms with van der Waals surface area (Å²) in [7, 11) is 0. The van der Waals surface area contributed by atoms with Crippen LogP contribution in [0.1, 0.15) is 11.5 Å². The van der Waals surface area contributed by atoms with Gasteiger partial charge in [0.05, 0.1) is 4.92 Å². The predicted molar refractivity (Wildman–Crippen MR) is 94.9 cm³/mol. The van der Waals surface area contributed by atoms with Crippen LogP contribution in [0.3, 0.4) is 0 Å². The van der Waals surface area contributed by atoms with Crippen LogP contribution in [0.2, 0.25) is 5.02 Å². The fourth-order valence-electron chi connectivity index (χ4n) is 1.75. The number of nitro benzene ring substituents is 1. The van der Waals surface area contributed by atoms with Gasteiger partial charge in [-0.1, -0.05) is 11.6 Å². The Morgan fingerprint density at radius 3 is 2.75 bits per heavy atom. The lowest BCUT2D eigenvalue weighted by molar-refractivity contribution is -0.384. The maximum absolute atomic E-state index is 11.8. The minimum atomic E-state index is -0.608. The molecule has 0 atom stereocenters. The third-order valence-electron chi connectivity index (χ3n) is 2.80. The second kappa shape index (κ2) is 7.71. The summed E-state index contributed by atoms with van der Waals surface area (Å²) in [5, 5.41) is 15.9. The van der Waals surface area contributed by atoms with Crippen molar-refractivity contribution in [2.45, 2.75) is 6.92 Å². The van der Waals surface area contributed by atoms with Crippen LogP contribution in [0.4, 0.5) is 11.4 Å². The molecule has 0 aliphatic carbocycles. The van der Waals surface area contributed by atoms with Crippen molar-refractivity contribution in [2.24, 2.45) is 0 Å². The molecular weight excluding hydrogens is 354 g/mol. The van der Waals surface area contributed by atoms with Gasteiger partial charge in [0.15, 0.2) is 5.11 Å². The van der Waals surface area contributed by atoms with Gasteiger partial charge in [-0.3, -0.25) is 20.2 Å². The lowest BCUT2D eigenvalue weighted by Crippen LogP contribution is -2.32. The molecule has 124 valence electrons. The van der Waals surface area contributed by atoms with Crippen molar-refractivity contribution in [3.63, 3.8) is 0 Å². The average Bonchev–Trinajstić information content (AvgIpc) is 2.92. The number of rotatable bonds is 4. The fourth-order valence-corrected chi connectivity index (χ4v) is 2.15. The van der Waals surface area contributed by atoms with Crippen LogP contribution >= 0.6 is 23.8 Å². The van der Waals surface area contributed by atoms with Crippen molar-refractivity contribution >= 4 is 52.3 Å². The van der Waals surface area contributed by atoms with Crippen LogP contribution in [-0.4, -0.2) is 15.9 Å². The molecule has 2 N–H and O–H groups in total. The molecule has 0 aliphatic heterocycles. The van der Waals surface area contributed by atoms with E-state index < -0.39 is 10.8 Å². The van der Waals surface area contributed by atoms with Gasteiger partial charge in [-0.25, -0.2) is 0 Å². The molecule has 24 heavy (non-hydrogen) atoms. The Bertz CT molecular complexity index is 832. The monoisotopic (exact) mass is 365 g/mol. The van der Waals surface area contributed by atoms with Crippen molar-refractivity contribution in [1.82, 2.24) is 5.32 Å². The maximum atomic E-state index is 11.8. The van der Waals surface area contributed by atoms with Crippen molar-refractivity contribution in [1.29, 1.82) is 0 Å².